The number of aryl methyl sites for hydroxylation is 2. The maximum atomic E-state index is 6.25. The summed E-state index contributed by atoms with van der Waals surface area (Å²) in [6, 6.07) is 8.36. The molecule has 0 saturated carbocycles. The molecule has 102 valence electrons. The van der Waals surface area contributed by atoms with E-state index in [0.29, 0.717) is 5.02 Å². The molecule has 1 atom stereocenters. The minimum absolute atomic E-state index is 0.224. The maximum Gasteiger partial charge on any atom is 0.0641 e. The highest BCUT2D eigenvalue weighted by Crippen LogP contribution is 2.33. The summed E-state index contributed by atoms with van der Waals surface area (Å²) in [5.41, 5.74) is 1.88. The smallest absolute Gasteiger partial charge is 0.0641 e. The molecule has 0 bridgehead atoms. The van der Waals surface area contributed by atoms with Crippen LogP contribution < -0.4 is 5.32 Å². The first-order chi connectivity index (χ1) is 9.01. The number of halogens is 2. The van der Waals surface area contributed by atoms with E-state index >= 15 is 0 Å². The van der Waals surface area contributed by atoms with Gasteiger partial charge in [-0.3, -0.25) is 0 Å². The van der Waals surface area contributed by atoms with Crippen LogP contribution in [-0.2, 0) is 6.42 Å². The highest BCUT2D eigenvalue weighted by atomic mass is 35.5. The Morgan fingerprint density at radius 2 is 1.95 bits per heavy atom. The highest BCUT2D eigenvalue weighted by molar-refractivity contribution is 7.12. The lowest BCUT2D eigenvalue weighted by Gasteiger charge is -2.16. The second kappa shape index (κ2) is 6.17. The summed E-state index contributed by atoms with van der Waals surface area (Å²) in [7, 11) is 0. The minimum atomic E-state index is 0.224. The third-order valence-corrected chi connectivity index (χ3v) is 5.21. The fourth-order valence-corrected chi connectivity index (χ4v) is 3.27. The van der Waals surface area contributed by atoms with Gasteiger partial charge in [-0.15, -0.1) is 11.3 Å². The largest absolute Gasteiger partial charge is 0.376 e. The molecule has 1 aromatic heterocycles. The predicted molar refractivity (Wildman–Crippen MR) is 86.9 cm³/mol. The Morgan fingerprint density at radius 1 is 1.21 bits per heavy atom. The molecule has 0 spiro atoms. The van der Waals surface area contributed by atoms with E-state index in [1.54, 1.807) is 0 Å². The molecule has 0 aliphatic carbocycles. The fourth-order valence-electron chi connectivity index (χ4n) is 1.88. The first-order valence-electron chi connectivity index (χ1n) is 6.32. The van der Waals surface area contributed by atoms with Crippen molar-refractivity contribution >= 4 is 40.2 Å². The Labute approximate surface area is 128 Å². The van der Waals surface area contributed by atoms with E-state index in [1.165, 1.54) is 9.75 Å². The van der Waals surface area contributed by atoms with Crippen LogP contribution in [0, 0.1) is 6.92 Å². The summed E-state index contributed by atoms with van der Waals surface area (Å²) >= 11 is 14.2. The van der Waals surface area contributed by atoms with Gasteiger partial charge in [0.05, 0.1) is 16.8 Å². The van der Waals surface area contributed by atoms with E-state index in [-0.39, 0.29) is 6.04 Å². The Kier molecular flexibility index (Phi) is 4.77. The SMILES string of the molecule is CCc1ccc(C(C)Nc2cc(Cl)c(C)cc2Cl)s1. The monoisotopic (exact) mass is 313 g/mol. The van der Waals surface area contributed by atoms with Crippen LogP contribution in [0.5, 0.6) is 0 Å². The molecule has 4 heteroatoms. The highest BCUT2D eigenvalue weighted by Gasteiger charge is 2.11. The summed E-state index contributed by atoms with van der Waals surface area (Å²) in [5.74, 6) is 0. The van der Waals surface area contributed by atoms with Crippen molar-refractivity contribution in [2.24, 2.45) is 0 Å². The molecular weight excluding hydrogens is 297 g/mol. The molecule has 1 N–H and O–H groups in total. The minimum Gasteiger partial charge on any atom is -0.376 e. The van der Waals surface area contributed by atoms with Crippen molar-refractivity contribution in [3.8, 4) is 0 Å². The third-order valence-electron chi connectivity index (χ3n) is 3.08. The summed E-state index contributed by atoms with van der Waals surface area (Å²) in [5, 5.41) is 4.87. The van der Waals surface area contributed by atoms with Crippen LogP contribution in [0.25, 0.3) is 0 Å². The van der Waals surface area contributed by atoms with E-state index in [0.717, 1.165) is 22.7 Å². The molecule has 0 fully saturated rings. The van der Waals surface area contributed by atoms with Crippen LogP contribution in [0.1, 0.15) is 35.2 Å². The Morgan fingerprint density at radius 3 is 2.58 bits per heavy atom. The van der Waals surface area contributed by atoms with Crippen molar-refractivity contribution in [3.63, 3.8) is 0 Å². The van der Waals surface area contributed by atoms with Crippen molar-refractivity contribution in [2.75, 3.05) is 5.32 Å². The first-order valence-corrected chi connectivity index (χ1v) is 7.89. The molecule has 19 heavy (non-hydrogen) atoms. The molecule has 1 aromatic carbocycles. The first kappa shape index (κ1) is 14.7. The number of hydrogen-bond donors (Lipinski definition) is 1. The Hall–Kier alpha value is -0.700. The number of benzene rings is 1. The van der Waals surface area contributed by atoms with Crippen LogP contribution in [0.2, 0.25) is 10.0 Å². The molecule has 0 saturated heterocycles. The van der Waals surface area contributed by atoms with Gasteiger partial charge >= 0.3 is 0 Å². The second-order valence-corrected chi connectivity index (χ2v) is 6.62. The predicted octanol–water partition coefficient (Wildman–Crippen LogP) is 6.10. The molecule has 1 unspecified atom stereocenters. The summed E-state index contributed by atoms with van der Waals surface area (Å²) in [6.07, 6.45) is 1.08. The van der Waals surface area contributed by atoms with Crippen molar-refractivity contribution in [3.05, 3.63) is 49.6 Å². The van der Waals surface area contributed by atoms with Gasteiger partial charge in [-0.1, -0.05) is 30.1 Å². The van der Waals surface area contributed by atoms with Crippen molar-refractivity contribution < 1.29 is 0 Å². The summed E-state index contributed by atoms with van der Waals surface area (Å²) < 4.78 is 0. The van der Waals surface area contributed by atoms with E-state index in [1.807, 2.05) is 30.4 Å². The zero-order valence-corrected chi connectivity index (χ0v) is 13.6. The lowest BCUT2D eigenvalue weighted by Crippen LogP contribution is -2.05. The van der Waals surface area contributed by atoms with Crippen molar-refractivity contribution in [1.29, 1.82) is 0 Å². The zero-order chi connectivity index (χ0) is 14.0. The Bertz CT molecular complexity index is 578. The lowest BCUT2D eigenvalue weighted by molar-refractivity contribution is 0.908. The number of anilines is 1. The lowest BCUT2D eigenvalue weighted by atomic mass is 10.2. The van der Waals surface area contributed by atoms with Gasteiger partial charge in [0.25, 0.3) is 0 Å². The molecule has 2 aromatic rings. The van der Waals surface area contributed by atoms with Crippen LogP contribution >= 0.6 is 34.5 Å². The van der Waals surface area contributed by atoms with Gasteiger partial charge in [0.15, 0.2) is 0 Å². The number of nitrogens with one attached hydrogen (secondary N) is 1. The van der Waals surface area contributed by atoms with Gasteiger partial charge in [-0.05, 0) is 50.1 Å². The topological polar surface area (TPSA) is 12.0 Å². The van der Waals surface area contributed by atoms with E-state index < -0.39 is 0 Å². The zero-order valence-electron chi connectivity index (χ0n) is 11.3. The molecule has 0 aliphatic rings. The van der Waals surface area contributed by atoms with Crippen molar-refractivity contribution in [2.45, 2.75) is 33.2 Å². The molecule has 0 radical (unpaired) electrons. The van der Waals surface area contributed by atoms with Gasteiger partial charge in [-0.2, -0.15) is 0 Å². The van der Waals surface area contributed by atoms with Gasteiger partial charge in [0.1, 0.15) is 0 Å². The van der Waals surface area contributed by atoms with Gasteiger partial charge < -0.3 is 5.32 Å². The maximum absolute atomic E-state index is 6.25. The third kappa shape index (κ3) is 3.44. The van der Waals surface area contributed by atoms with Gasteiger partial charge in [0, 0.05) is 14.8 Å². The summed E-state index contributed by atoms with van der Waals surface area (Å²) in [4.78, 5) is 2.71. The average molecular weight is 314 g/mol. The normalized spacial score (nSPS) is 12.5. The molecule has 1 nitrogen and oxygen atoms in total. The van der Waals surface area contributed by atoms with Crippen LogP contribution in [0.15, 0.2) is 24.3 Å². The van der Waals surface area contributed by atoms with E-state index in [9.17, 15) is 0 Å². The number of thiophene rings is 1. The summed E-state index contributed by atoms with van der Waals surface area (Å²) in [6.45, 7) is 6.26. The van der Waals surface area contributed by atoms with E-state index in [4.69, 9.17) is 23.2 Å². The van der Waals surface area contributed by atoms with E-state index in [2.05, 4.69) is 31.3 Å². The van der Waals surface area contributed by atoms with Gasteiger partial charge in [-0.25, -0.2) is 0 Å². The molecule has 0 aliphatic heterocycles. The molecular formula is C15H17Cl2NS. The number of hydrogen-bond acceptors (Lipinski definition) is 2. The molecule has 1 heterocycles. The van der Waals surface area contributed by atoms with Gasteiger partial charge in [0.2, 0.25) is 0 Å². The standard InChI is InChI=1S/C15H17Cl2NS/c1-4-11-5-6-15(19-11)10(3)18-14-8-12(16)9(2)7-13(14)17/h5-8,10,18H,4H2,1-3H3. The molecule has 0 amide bonds. The Balaban J connectivity index is 2.18. The van der Waals surface area contributed by atoms with Crippen LogP contribution in [0.3, 0.4) is 0 Å². The second-order valence-electron chi connectivity index (χ2n) is 4.60. The fraction of sp³-hybridized carbons (Fsp3) is 0.333. The van der Waals surface area contributed by atoms with Crippen LogP contribution in [0.4, 0.5) is 5.69 Å². The molecule has 2 rings (SSSR count). The number of rotatable bonds is 4. The van der Waals surface area contributed by atoms with Crippen LogP contribution in [-0.4, -0.2) is 0 Å². The average Bonchev–Trinajstić information content (AvgIpc) is 2.84. The van der Waals surface area contributed by atoms with Crippen molar-refractivity contribution in [1.82, 2.24) is 0 Å². The quantitative estimate of drug-likeness (QED) is 0.719.